The molecule has 8 N–H and O–H groups in total. The quantitative estimate of drug-likeness (QED) is 0.178. The van der Waals surface area contributed by atoms with E-state index in [9.17, 15) is 24.3 Å². The van der Waals surface area contributed by atoms with Crippen molar-refractivity contribution in [3.05, 3.63) is 36.4 Å². The molecule has 0 saturated heterocycles. The zero-order chi connectivity index (χ0) is 26.8. The van der Waals surface area contributed by atoms with Gasteiger partial charge in [-0.2, -0.15) is 0 Å². The first kappa shape index (κ1) is 28.5. The van der Waals surface area contributed by atoms with Gasteiger partial charge in [-0.1, -0.05) is 34.1 Å². The number of hydrogen-bond acceptors (Lipinski definition) is 7. The van der Waals surface area contributed by atoms with E-state index in [1.807, 2.05) is 6.92 Å². The summed E-state index contributed by atoms with van der Waals surface area (Å²) < 4.78 is 0. The third-order valence-electron chi connectivity index (χ3n) is 6.02. The molecule has 0 fully saturated rings. The van der Waals surface area contributed by atoms with E-state index in [1.165, 1.54) is 25.0 Å². The van der Waals surface area contributed by atoms with Gasteiger partial charge < -0.3 is 36.8 Å². The Balaban J connectivity index is 2.26. The van der Waals surface area contributed by atoms with Crippen LogP contribution in [0.2, 0.25) is 0 Å². The van der Waals surface area contributed by atoms with E-state index in [4.69, 9.17) is 5.73 Å². The van der Waals surface area contributed by atoms with Crippen molar-refractivity contribution in [1.82, 2.24) is 35.9 Å². The third-order valence-corrected chi connectivity index (χ3v) is 6.02. The molecule has 13 nitrogen and oxygen atoms in total. The molecule has 0 aromatic carbocycles. The Morgan fingerprint density at radius 3 is 1.75 bits per heavy atom. The zero-order valence-corrected chi connectivity index (χ0v) is 20.9. The van der Waals surface area contributed by atoms with E-state index in [0.717, 1.165) is 0 Å². The molecule has 2 heterocycles. The van der Waals surface area contributed by atoms with E-state index in [0.29, 0.717) is 17.8 Å². The minimum Gasteiger partial charge on any atom is -0.480 e. The second-order valence-corrected chi connectivity index (χ2v) is 9.16. The molecule has 36 heavy (non-hydrogen) atoms. The second-order valence-electron chi connectivity index (χ2n) is 9.16. The van der Waals surface area contributed by atoms with Crippen molar-refractivity contribution in [2.24, 2.45) is 17.6 Å². The molecule has 2 aromatic heterocycles. The lowest BCUT2D eigenvalue weighted by atomic mass is 9.98. The summed E-state index contributed by atoms with van der Waals surface area (Å²) in [4.78, 5) is 64.5. The number of nitrogens with zero attached hydrogens (tertiary/aromatic N) is 2. The van der Waals surface area contributed by atoms with Crippen LogP contribution in [0, 0.1) is 11.8 Å². The van der Waals surface area contributed by atoms with Crippen LogP contribution < -0.4 is 21.7 Å². The van der Waals surface area contributed by atoms with E-state index in [2.05, 4.69) is 35.9 Å². The first-order valence-electron chi connectivity index (χ1n) is 11.9. The molecule has 2 aromatic rings. The highest BCUT2D eigenvalue weighted by Crippen LogP contribution is 2.10. The Morgan fingerprint density at radius 2 is 1.36 bits per heavy atom. The third kappa shape index (κ3) is 8.18. The topological polar surface area (TPSA) is 208 Å². The Bertz CT molecular complexity index is 992. The smallest absolute Gasteiger partial charge is 0.326 e. The molecule has 0 aliphatic heterocycles. The highest BCUT2D eigenvalue weighted by atomic mass is 16.4. The van der Waals surface area contributed by atoms with Gasteiger partial charge in [-0.3, -0.25) is 14.4 Å². The van der Waals surface area contributed by atoms with Crippen LogP contribution in [0.3, 0.4) is 0 Å². The fourth-order valence-corrected chi connectivity index (χ4v) is 3.43. The molecule has 0 aliphatic rings. The molecule has 0 spiro atoms. The number of aromatic nitrogens is 4. The van der Waals surface area contributed by atoms with Crippen molar-refractivity contribution in [2.75, 3.05) is 0 Å². The molecular weight excluding hydrogens is 468 g/mol. The van der Waals surface area contributed by atoms with Gasteiger partial charge in [-0.25, -0.2) is 14.8 Å². The summed E-state index contributed by atoms with van der Waals surface area (Å²) in [7, 11) is 0. The molecule has 5 unspecified atom stereocenters. The summed E-state index contributed by atoms with van der Waals surface area (Å²) in [6.07, 6.45) is 6.53. The lowest BCUT2D eigenvalue weighted by Gasteiger charge is -2.26. The second kappa shape index (κ2) is 13.4. The average molecular weight is 505 g/mol. The number of H-pyrrole nitrogens is 2. The predicted molar refractivity (Wildman–Crippen MR) is 130 cm³/mol. The van der Waals surface area contributed by atoms with Crippen molar-refractivity contribution < 1.29 is 24.3 Å². The summed E-state index contributed by atoms with van der Waals surface area (Å²) >= 11 is 0. The van der Waals surface area contributed by atoms with Crippen LogP contribution >= 0.6 is 0 Å². The van der Waals surface area contributed by atoms with Gasteiger partial charge >= 0.3 is 5.97 Å². The minimum absolute atomic E-state index is 0.0284. The number of aromatic amines is 2. The fourth-order valence-electron chi connectivity index (χ4n) is 3.43. The van der Waals surface area contributed by atoms with Crippen molar-refractivity contribution in [2.45, 2.75) is 71.1 Å². The van der Waals surface area contributed by atoms with Gasteiger partial charge in [0.15, 0.2) is 0 Å². The highest BCUT2D eigenvalue weighted by molar-refractivity contribution is 5.94. The maximum Gasteiger partial charge on any atom is 0.326 e. The number of rotatable bonds is 14. The standard InChI is InChI=1S/C23H36N8O5/c1-5-13(4)19(23(35)36)31-21(33)17(7-15-9-26-11-28-15)29-20(32)16(6-14-8-25-10-27-14)30-22(34)18(24)12(2)3/h8-13,16-19H,5-7,24H2,1-4H3,(H,25,27)(H,26,28)(H,29,32)(H,30,34)(H,31,33)(H,35,36). The lowest BCUT2D eigenvalue weighted by molar-refractivity contribution is -0.143. The van der Waals surface area contributed by atoms with E-state index in [1.54, 1.807) is 20.8 Å². The predicted octanol–water partition coefficient (Wildman–Crippen LogP) is -0.514. The largest absolute Gasteiger partial charge is 0.480 e. The van der Waals surface area contributed by atoms with Crippen molar-refractivity contribution in [1.29, 1.82) is 0 Å². The Hall–Kier alpha value is -3.74. The number of carboxylic acids is 1. The van der Waals surface area contributed by atoms with Crippen LogP contribution in [0.15, 0.2) is 25.0 Å². The maximum atomic E-state index is 13.3. The van der Waals surface area contributed by atoms with Gasteiger partial charge in [-0.15, -0.1) is 0 Å². The molecule has 0 radical (unpaired) electrons. The minimum atomic E-state index is -1.17. The SMILES string of the molecule is CCC(C)C(NC(=O)C(Cc1cnc[nH]1)NC(=O)C(Cc1cnc[nH]1)NC(=O)C(N)C(C)C)C(=O)O. The lowest BCUT2D eigenvalue weighted by Crippen LogP contribution is -2.59. The van der Waals surface area contributed by atoms with Crippen molar-refractivity contribution in [3.8, 4) is 0 Å². The van der Waals surface area contributed by atoms with Crippen molar-refractivity contribution >= 4 is 23.7 Å². The van der Waals surface area contributed by atoms with Gasteiger partial charge in [0.05, 0.1) is 18.7 Å². The van der Waals surface area contributed by atoms with E-state index >= 15 is 0 Å². The van der Waals surface area contributed by atoms with Crippen LogP contribution in [0.25, 0.3) is 0 Å². The number of nitrogens with two attached hydrogens (primary N) is 1. The van der Waals surface area contributed by atoms with Crippen LogP contribution in [-0.4, -0.2) is 72.9 Å². The first-order valence-corrected chi connectivity index (χ1v) is 11.9. The monoisotopic (exact) mass is 504 g/mol. The Morgan fingerprint density at radius 1 is 0.889 bits per heavy atom. The number of hydrogen-bond donors (Lipinski definition) is 7. The van der Waals surface area contributed by atoms with Crippen LogP contribution in [0.1, 0.15) is 45.5 Å². The highest BCUT2D eigenvalue weighted by Gasteiger charge is 2.32. The van der Waals surface area contributed by atoms with Gasteiger partial charge in [0.1, 0.15) is 18.1 Å². The van der Waals surface area contributed by atoms with E-state index in [-0.39, 0.29) is 24.7 Å². The van der Waals surface area contributed by atoms with Gasteiger partial charge in [0.2, 0.25) is 17.7 Å². The average Bonchev–Trinajstić information content (AvgIpc) is 3.54. The summed E-state index contributed by atoms with van der Waals surface area (Å²) in [6, 6.07) is -4.17. The van der Waals surface area contributed by atoms with Crippen LogP contribution in [-0.2, 0) is 32.0 Å². The Labute approximate surface area is 209 Å². The van der Waals surface area contributed by atoms with Crippen LogP contribution in [0.4, 0.5) is 0 Å². The van der Waals surface area contributed by atoms with Gasteiger partial charge in [0.25, 0.3) is 0 Å². The summed E-state index contributed by atoms with van der Waals surface area (Å²) in [5.41, 5.74) is 7.10. The number of carbonyl (C=O) groups excluding carboxylic acids is 3. The Kier molecular flexibility index (Phi) is 10.6. The van der Waals surface area contributed by atoms with Crippen molar-refractivity contribution in [3.63, 3.8) is 0 Å². The molecule has 198 valence electrons. The van der Waals surface area contributed by atoms with Crippen LogP contribution in [0.5, 0.6) is 0 Å². The maximum absolute atomic E-state index is 13.3. The number of carbonyl (C=O) groups is 4. The molecule has 13 heteroatoms. The van der Waals surface area contributed by atoms with Gasteiger partial charge in [0, 0.05) is 36.6 Å². The number of nitrogens with one attached hydrogen (secondary N) is 5. The number of imidazole rings is 2. The number of aliphatic carboxylic acids is 1. The molecule has 0 bridgehead atoms. The summed E-state index contributed by atoms with van der Waals surface area (Å²) in [5, 5.41) is 17.4. The number of carboxylic acid groups (broad SMARTS) is 1. The molecule has 2 rings (SSSR count). The molecule has 5 atom stereocenters. The number of amides is 3. The van der Waals surface area contributed by atoms with Gasteiger partial charge in [-0.05, 0) is 11.8 Å². The molecular formula is C23H36N8O5. The molecule has 3 amide bonds. The first-order chi connectivity index (χ1) is 17.0. The summed E-state index contributed by atoms with van der Waals surface area (Å²) in [6.45, 7) is 7.11. The fraction of sp³-hybridized carbons (Fsp3) is 0.565. The normalized spacial score (nSPS) is 15.4. The zero-order valence-electron chi connectivity index (χ0n) is 20.9. The molecule has 0 aliphatic carbocycles. The molecule has 0 saturated carbocycles. The summed E-state index contributed by atoms with van der Waals surface area (Å²) in [5.74, 6) is -3.48. The van der Waals surface area contributed by atoms with E-state index < -0.39 is 47.9 Å².